The Balaban J connectivity index is 2.19. The zero-order chi connectivity index (χ0) is 16.3. The van der Waals surface area contributed by atoms with Crippen molar-refractivity contribution >= 4 is 23.3 Å². The van der Waals surface area contributed by atoms with Crippen molar-refractivity contribution in [2.24, 2.45) is 0 Å². The van der Waals surface area contributed by atoms with Crippen LogP contribution in [0.1, 0.15) is 22.8 Å². The fourth-order valence-electron chi connectivity index (χ4n) is 1.78. The first kappa shape index (κ1) is 15.6. The Bertz CT molecular complexity index is 730. The number of aromatic nitrogens is 1. The van der Waals surface area contributed by atoms with Crippen LogP contribution in [-0.4, -0.2) is 16.8 Å². The van der Waals surface area contributed by atoms with Crippen LogP contribution in [0.4, 0.5) is 20.3 Å². The maximum Gasteiger partial charge on any atom is 0.261 e. The molecule has 114 valence electrons. The summed E-state index contributed by atoms with van der Waals surface area (Å²) in [6.07, 6.45) is 1.27. The highest BCUT2D eigenvalue weighted by molar-refractivity contribution is 6.04. The lowest BCUT2D eigenvalue weighted by Crippen LogP contribution is -2.17. The molecular weight excluding hydrogens is 292 g/mol. The molecule has 5 nitrogen and oxygen atoms in total. The normalized spacial score (nSPS) is 10.2. The number of rotatable bonds is 3. The van der Waals surface area contributed by atoms with Crippen molar-refractivity contribution < 1.29 is 18.4 Å². The number of carbonyl (C=O) groups is 2. The molecule has 2 aromatic rings. The molecule has 1 aromatic heterocycles. The topological polar surface area (TPSA) is 71.1 Å². The first-order chi connectivity index (χ1) is 10.4. The number of pyridine rings is 1. The molecule has 2 N–H and O–H groups in total. The van der Waals surface area contributed by atoms with Gasteiger partial charge in [-0.25, -0.2) is 13.8 Å². The van der Waals surface area contributed by atoms with E-state index in [2.05, 4.69) is 15.6 Å². The van der Waals surface area contributed by atoms with Crippen molar-refractivity contribution in [1.82, 2.24) is 4.98 Å². The summed E-state index contributed by atoms with van der Waals surface area (Å²) in [4.78, 5) is 26.7. The molecule has 0 fully saturated rings. The number of anilines is 2. The van der Waals surface area contributed by atoms with Gasteiger partial charge in [0.15, 0.2) is 0 Å². The molecule has 22 heavy (non-hydrogen) atoms. The fourth-order valence-corrected chi connectivity index (χ4v) is 1.78. The predicted molar refractivity (Wildman–Crippen MR) is 77.6 cm³/mol. The smallest absolute Gasteiger partial charge is 0.261 e. The van der Waals surface area contributed by atoms with Gasteiger partial charge in [-0.05, 0) is 30.7 Å². The van der Waals surface area contributed by atoms with Crippen LogP contribution in [0, 0.1) is 18.6 Å². The molecule has 7 heteroatoms. The second kappa shape index (κ2) is 6.30. The molecule has 0 bridgehead atoms. The van der Waals surface area contributed by atoms with Crippen LogP contribution in [0.15, 0.2) is 30.5 Å². The molecular formula is C15H13F2N3O2. The van der Waals surface area contributed by atoms with E-state index in [-0.39, 0.29) is 17.2 Å². The lowest BCUT2D eigenvalue weighted by Gasteiger charge is -2.09. The Morgan fingerprint density at radius 1 is 1.09 bits per heavy atom. The summed E-state index contributed by atoms with van der Waals surface area (Å²) in [5.41, 5.74) is -0.226. The second-order valence-corrected chi connectivity index (χ2v) is 4.62. The third-order valence-corrected chi connectivity index (χ3v) is 2.84. The lowest BCUT2D eigenvalue weighted by atomic mass is 10.1. The first-order valence-corrected chi connectivity index (χ1v) is 6.38. The van der Waals surface area contributed by atoms with Gasteiger partial charge >= 0.3 is 0 Å². The van der Waals surface area contributed by atoms with Crippen LogP contribution in [0.5, 0.6) is 0 Å². The Morgan fingerprint density at radius 2 is 1.82 bits per heavy atom. The minimum atomic E-state index is -0.941. The number of carbonyl (C=O) groups excluding carboxylic acids is 2. The standard InChI is InChI=1S/C15H13F2N3O2/c1-8-3-5-11(16)13(14(8)17)15(22)20-10-4-6-12(18-7-10)19-9(2)21/h3-7H,1-2H3,(H,20,22)(H,18,19,21). The predicted octanol–water partition coefficient (Wildman–Crippen LogP) is 2.88. The number of hydrogen-bond donors (Lipinski definition) is 2. The number of nitrogens with one attached hydrogen (secondary N) is 2. The maximum atomic E-state index is 13.9. The molecule has 0 unspecified atom stereocenters. The number of aryl methyl sites for hydroxylation is 1. The summed E-state index contributed by atoms with van der Waals surface area (Å²) >= 11 is 0. The molecule has 1 aromatic carbocycles. The number of halogens is 2. The number of hydrogen-bond acceptors (Lipinski definition) is 3. The lowest BCUT2D eigenvalue weighted by molar-refractivity contribution is -0.114. The molecule has 1 heterocycles. The number of benzene rings is 1. The monoisotopic (exact) mass is 305 g/mol. The highest BCUT2D eigenvalue weighted by atomic mass is 19.1. The first-order valence-electron chi connectivity index (χ1n) is 6.38. The van der Waals surface area contributed by atoms with Crippen molar-refractivity contribution in [3.05, 3.63) is 53.2 Å². The van der Waals surface area contributed by atoms with Gasteiger partial charge in [-0.3, -0.25) is 9.59 Å². The average molecular weight is 305 g/mol. The molecule has 0 saturated carbocycles. The van der Waals surface area contributed by atoms with Gasteiger partial charge in [0.05, 0.1) is 11.9 Å². The van der Waals surface area contributed by atoms with E-state index in [1.807, 2.05) is 0 Å². The van der Waals surface area contributed by atoms with Gasteiger partial charge in [-0.15, -0.1) is 0 Å². The summed E-state index contributed by atoms with van der Waals surface area (Å²) in [5, 5.41) is 4.81. The van der Waals surface area contributed by atoms with Gasteiger partial charge in [-0.1, -0.05) is 6.07 Å². The van der Waals surface area contributed by atoms with E-state index in [9.17, 15) is 18.4 Å². The maximum absolute atomic E-state index is 13.9. The van der Waals surface area contributed by atoms with Crippen LogP contribution < -0.4 is 10.6 Å². The van der Waals surface area contributed by atoms with Crippen LogP contribution in [0.2, 0.25) is 0 Å². The largest absolute Gasteiger partial charge is 0.320 e. The Kier molecular flexibility index (Phi) is 4.45. The summed E-state index contributed by atoms with van der Waals surface area (Å²) in [6, 6.07) is 5.21. The average Bonchev–Trinajstić information content (AvgIpc) is 2.45. The number of amides is 2. The van der Waals surface area contributed by atoms with Crippen molar-refractivity contribution in [3.63, 3.8) is 0 Å². The van der Waals surface area contributed by atoms with Gasteiger partial charge in [0, 0.05) is 6.92 Å². The van der Waals surface area contributed by atoms with E-state index in [0.717, 1.165) is 6.07 Å². The number of nitrogens with zero attached hydrogens (tertiary/aromatic N) is 1. The third-order valence-electron chi connectivity index (χ3n) is 2.84. The Morgan fingerprint density at radius 3 is 2.41 bits per heavy atom. The van der Waals surface area contributed by atoms with Crippen LogP contribution >= 0.6 is 0 Å². The SMILES string of the molecule is CC(=O)Nc1ccc(NC(=O)c2c(F)ccc(C)c2F)cn1. The molecule has 2 rings (SSSR count). The van der Waals surface area contributed by atoms with Gasteiger partial charge in [0.2, 0.25) is 5.91 Å². The summed E-state index contributed by atoms with van der Waals surface area (Å²) in [6.45, 7) is 2.77. The Hall–Kier alpha value is -2.83. The van der Waals surface area contributed by atoms with Gasteiger partial charge in [-0.2, -0.15) is 0 Å². The summed E-state index contributed by atoms with van der Waals surface area (Å²) in [5.74, 6) is -2.73. The quantitative estimate of drug-likeness (QED) is 0.916. The van der Waals surface area contributed by atoms with E-state index < -0.39 is 23.1 Å². The molecule has 0 saturated heterocycles. The Labute approximate surface area is 125 Å². The molecule has 0 spiro atoms. The van der Waals surface area contributed by atoms with Crippen molar-refractivity contribution in [2.75, 3.05) is 10.6 Å². The molecule has 2 amide bonds. The van der Waals surface area contributed by atoms with E-state index in [4.69, 9.17) is 0 Å². The highest BCUT2D eigenvalue weighted by Gasteiger charge is 2.19. The van der Waals surface area contributed by atoms with Gasteiger partial charge in [0.25, 0.3) is 5.91 Å². The third kappa shape index (κ3) is 3.43. The van der Waals surface area contributed by atoms with Crippen molar-refractivity contribution in [1.29, 1.82) is 0 Å². The molecule has 0 radical (unpaired) electrons. The summed E-state index contributed by atoms with van der Waals surface area (Å²) in [7, 11) is 0. The summed E-state index contributed by atoms with van der Waals surface area (Å²) < 4.78 is 27.5. The van der Waals surface area contributed by atoms with E-state index in [1.165, 1.54) is 38.2 Å². The van der Waals surface area contributed by atoms with Gasteiger partial charge < -0.3 is 10.6 Å². The van der Waals surface area contributed by atoms with Gasteiger partial charge in [0.1, 0.15) is 23.0 Å². The molecule has 0 aliphatic carbocycles. The molecule has 0 atom stereocenters. The van der Waals surface area contributed by atoms with Crippen molar-refractivity contribution in [2.45, 2.75) is 13.8 Å². The molecule has 0 aliphatic heterocycles. The van der Waals surface area contributed by atoms with Crippen LogP contribution in [0.3, 0.4) is 0 Å². The minimum absolute atomic E-state index is 0.172. The molecule has 0 aliphatic rings. The fraction of sp³-hybridized carbons (Fsp3) is 0.133. The highest BCUT2D eigenvalue weighted by Crippen LogP contribution is 2.18. The van der Waals surface area contributed by atoms with Crippen molar-refractivity contribution in [3.8, 4) is 0 Å². The van der Waals surface area contributed by atoms with E-state index >= 15 is 0 Å². The second-order valence-electron chi connectivity index (χ2n) is 4.62. The van der Waals surface area contributed by atoms with E-state index in [1.54, 1.807) is 0 Å². The van der Waals surface area contributed by atoms with Crippen LogP contribution in [0.25, 0.3) is 0 Å². The van der Waals surface area contributed by atoms with E-state index in [0.29, 0.717) is 5.82 Å². The zero-order valence-electron chi connectivity index (χ0n) is 11.9. The zero-order valence-corrected chi connectivity index (χ0v) is 11.9. The minimum Gasteiger partial charge on any atom is -0.320 e. The van der Waals surface area contributed by atoms with Crippen LogP contribution in [-0.2, 0) is 4.79 Å².